The molecular formula is C42H66N4O6. The predicted octanol–water partition coefficient (Wildman–Crippen LogP) is 8.88. The van der Waals surface area contributed by atoms with Gasteiger partial charge in [-0.1, -0.05) is 136 Å². The van der Waals surface area contributed by atoms with Gasteiger partial charge < -0.3 is 10.2 Å². The minimum absolute atomic E-state index is 0.0306. The molecule has 2 rings (SSSR count). The maximum atomic E-state index is 13.9. The van der Waals surface area contributed by atoms with E-state index in [1.165, 1.54) is 50.7 Å². The molecule has 10 heteroatoms. The number of amides is 4. The van der Waals surface area contributed by atoms with Crippen LogP contribution in [-0.2, 0) is 22.4 Å². The van der Waals surface area contributed by atoms with E-state index in [2.05, 4.69) is 42.5 Å². The molecule has 10 nitrogen and oxygen atoms in total. The number of phenolic OH excluding ortho intramolecular Hbond substituents is 2. The number of carbonyl (C=O) groups excluding carboxylic acids is 4. The molecule has 4 amide bonds. The first-order valence-electron chi connectivity index (χ1n) is 20.0. The van der Waals surface area contributed by atoms with Crippen molar-refractivity contribution in [3.8, 4) is 11.5 Å². The van der Waals surface area contributed by atoms with Gasteiger partial charge in [0, 0.05) is 0 Å². The number of aromatic hydroxyl groups is 2. The Morgan fingerprint density at radius 1 is 0.481 bits per heavy atom. The number of hydrogen-bond acceptors (Lipinski definition) is 6. The Morgan fingerprint density at radius 3 is 1.27 bits per heavy atom. The Balaban J connectivity index is 2.14. The molecule has 0 aliphatic carbocycles. The minimum Gasteiger partial charge on any atom is -0.507 e. The van der Waals surface area contributed by atoms with Gasteiger partial charge in [-0.25, -0.2) is 0 Å². The molecule has 0 spiro atoms. The van der Waals surface area contributed by atoms with E-state index in [0.717, 1.165) is 81.8 Å². The lowest BCUT2D eigenvalue weighted by atomic mass is 9.77. The van der Waals surface area contributed by atoms with Crippen LogP contribution in [0.15, 0.2) is 36.4 Å². The maximum absolute atomic E-state index is 13.9. The van der Waals surface area contributed by atoms with E-state index in [4.69, 9.17) is 0 Å². The molecule has 52 heavy (non-hydrogen) atoms. The van der Waals surface area contributed by atoms with E-state index in [9.17, 15) is 29.4 Å². The summed E-state index contributed by atoms with van der Waals surface area (Å²) in [6.45, 7) is 8.30. The SMILES string of the molecule is CCCCCCCCc1ccc(O)c(C(=O)NNC(=O)C(CCC)(CCCCCC)C(=O)NNC(=O)c2cc(CCCCCCCC)ccc2O)c1. The van der Waals surface area contributed by atoms with Gasteiger partial charge in [-0.15, -0.1) is 0 Å². The van der Waals surface area contributed by atoms with E-state index >= 15 is 0 Å². The summed E-state index contributed by atoms with van der Waals surface area (Å²) >= 11 is 0. The molecule has 0 fully saturated rings. The average Bonchev–Trinajstić information content (AvgIpc) is 3.14. The van der Waals surface area contributed by atoms with Crippen molar-refractivity contribution in [3.63, 3.8) is 0 Å². The second kappa shape index (κ2) is 25.0. The summed E-state index contributed by atoms with van der Waals surface area (Å²) in [4.78, 5) is 54.2. The van der Waals surface area contributed by atoms with Gasteiger partial charge in [-0.05, 0) is 73.9 Å². The topological polar surface area (TPSA) is 157 Å². The predicted molar refractivity (Wildman–Crippen MR) is 208 cm³/mol. The van der Waals surface area contributed by atoms with Crippen molar-refractivity contribution in [2.24, 2.45) is 5.41 Å². The molecule has 0 heterocycles. The summed E-state index contributed by atoms with van der Waals surface area (Å²) in [5, 5.41) is 21.0. The van der Waals surface area contributed by atoms with Gasteiger partial charge in [-0.2, -0.15) is 0 Å². The van der Waals surface area contributed by atoms with E-state index in [-0.39, 0.29) is 35.5 Å². The van der Waals surface area contributed by atoms with E-state index < -0.39 is 29.0 Å². The molecule has 0 aliphatic rings. The largest absolute Gasteiger partial charge is 0.507 e. The van der Waals surface area contributed by atoms with Gasteiger partial charge in [0.15, 0.2) is 0 Å². The van der Waals surface area contributed by atoms with Crippen LogP contribution in [0, 0.1) is 5.41 Å². The van der Waals surface area contributed by atoms with Crippen LogP contribution in [0.25, 0.3) is 0 Å². The fourth-order valence-corrected chi connectivity index (χ4v) is 6.62. The zero-order chi connectivity index (χ0) is 38.2. The Labute approximate surface area is 312 Å². The van der Waals surface area contributed by atoms with Crippen LogP contribution in [0.1, 0.15) is 182 Å². The van der Waals surface area contributed by atoms with Crippen molar-refractivity contribution in [3.05, 3.63) is 58.7 Å². The second-order valence-electron chi connectivity index (χ2n) is 14.2. The third-order valence-electron chi connectivity index (χ3n) is 9.83. The molecule has 0 radical (unpaired) electrons. The molecular weight excluding hydrogens is 656 g/mol. The third-order valence-corrected chi connectivity index (χ3v) is 9.83. The normalized spacial score (nSPS) is 11.2. The minimum atomic E-state index is -1.60. The molecule has 6 N–H and O–H groups in total. The van der Waals surface area contributed by atoms with Crippen LogP contribution in [0.5, 0.6) is 11.5 Å². The highest BCUT2D eigenvalue weighted by Crippen LogP contribution is 2.32. The quantitative estimate of drug-likeness (QED) is 0.0342. The summed E-state index contributed by atoms with van der Waals surface area (Å²) in [5.41, 5.74) is 10.0. The van der Waals surface area contributed by atoms with Gasteiger partial charge in [0.25, 0.3) is 23.6 Å². The lowest BCUT2D eigenvalue weighted by Gasteiger charge is -2.31. The fraction of sp³-hybridized carbons (Fsp3) is 0.619. The van der Waals surface area contributed by atoms with Crippen LogP contribution in [0.2, 0.25) is 0 Å². The number of nitrogens with one attached hydrogen (secondary N) is 4. The summed E-state index contributed by atoms with van der Waals surface area (Å²) in [5.74, 6) is -3.24. The first kappa shape index (κ1) is 44.1. The monoisotopic (exact) mass is 722 g/mol. The van der Waals surface area contributed by atoms with Gasteiger partial charge in [0.2, 0.25) is 0 Å². The number of benzene rings is 2. The van der Waals surface area contributed by atoms with Crippen molar-refractivity contribution in [2.75, 3.05) is 0 Å². The van der Waals surface area contributed by atoms with Crippen LogP contribution >= 0.6 is 0 Å². The zero-order valence-corrected chi connectivity index (χ0v) is 32.3. The molecule has 0 saturated heterocycles. The number of carbonyl (C=O) groups is 4. The molecule has 0 aliphatic heterocycles. The zero-order valence-electron chi connectivity index (χ0n) is 32.3. The average molecular weight is 723 g/mol. The number of aryl methyl sites for hydroxylation is 2. The van der Waals surface area contributed by atoms with Crippen molar-refractivity contribution in [1.29, 1.82) is 0 Å². The van der Waals surface area contributed by atoms with Crippen molar-refractivity contribution < 1.29 is 29.4 Å². The molecule has 0 aromatic heterocycles. The molecule has 290 valence electrons. The first-order chi connectivity index (χ1) is 25.1. The van der Waals surface area contributed by atoms with E-state index in [0.29, 0.717) is 12.8 Å². The maximum Gasteiger partial charge on any atom is 0.273 e. The van der Waals surface area contributed by atoms with Crippen molar-refractivity contribution >= 4 is 23.6 Å². The smallest absolute Gasteiger partial charge is 0.273 e. The van der Waals surface area contributed by atoms with Gasteiger partial charge in [-0.3, -0.25) is 40.9 Å². The number of hydrogen-bond donors (Lipinski definition) is 6. The number of rotatable bonds is 25. The van der Waals surface area contributed by atoms with Crippen LogP contribution in [-0.4, -0.2) is 33.8 Å². The van der Waals surface area contributed by atoms with Gasteiger partial charge in [0.1, 0.15) is 16.9 Å². The van der Waals surface area contributed by atoms with E-state index in [1.54, 1.807) is 24.3 Å². The number of hydrazine groups is 2. The number of unbranched alkanes of at least 4 members (excludes halogenated alkanes) is 13. The molecule has 0 saturated carbocycles. The Kier molecular flexibility index (Phi) is 21.2. The van der Waals surface area contributed by atoms with E-state index in [1.807, 2.05) is 6.92 Å². The van der Waals surface area contributed by atoms with Crippen LogP contribution < -0.4 is 21.7 Å². The molecule has 2 aromatic rings. The van der Waals surface area contributed by atoms with Crippen LogP contribution in [0.4, 0.5) is 0 Å². The summed E-state index contributed by atoms with van der Waals surface area (Å²) in [7, 11) is 0. The molecule has 0 atom stereocenters. The Hall–Kier alpha value is -4.08. The summed E-state index contributed by atoms with van der Waals surface area (Å²) in [6.07, 6.45) is 19.4. The Bertz CT molecular complexity index is 1300. The van der Waals surface area contributed by atoms with Crippen molar-refractivity contribution in [1.82, 2.24) is 21.7 Å². The highest BCUT2D eigenvalue weighted by atomic mass is 16.3. The van der Waals surface area contributed by atoms with Gasteiger partial charge in [0.05, 0.1) is 11.1 Å². The van der Waals surface area contributed by atoms with Crippen LogP contribution in [0.3, 0.4) is 0 Å². The van der Waals surface area contributed by atoms with Crippen molar-refractivity contribution in [2.45, 2.75) is 163 Å². The summed E-state index contributed by atoms with van der Waals surface area (Å²) in [6, 6.07) is 9.82. The second-order valence-corrected chi connectivity index (χ2v) is 14.2. The molecule has 0 bridgehead atoms. The highest BCUT2D eigenvalue weighted by molar-refractivity contribution is 6.07. The lowest BCUT2D eigenvalue weighted by molar-refractivity contribution is -0.146. The highest BCUT2D eigenvalue weighted by Gasteiger charge is 2.45. The summed E-state index contributed by atoms with van der Waals surface area (Å²) < 4.78 is 0. The molecule has 0 unspecified atom stereocenters. The van der Waals surface area contributed by atoms with Gasteiger partial charge >= 0.3 is 0 Å². The fourth-order valence-electron chi connectivity index (χ4n) is 6.62. The number of phenols is 2. The third kappa shape index (κ3) is 14.9. The Morgan fingerprint density at radius 2 is 0.865 bits per heavy atom. The lowest BCUT2D eigenvalue weighted by Crippen LogP contribution is -2.58. The standard InChI is InChI=1S/C42H66N4O6/c1-5-9-12-15-17-19-22-32-24-26-36(47)34(30-32)38(49)43-45-40(51)42(28-8-4,29-21-14-11-7-3)41(52)46-44-39(50)35-31-33(25-27-37(35)48)23-20-18-16-13-10-6-2/h24-27,30-31,47-48H,5-23,28-29H2,1-4H3,(H,43,49)(H,44,50)(H,45,51)(H,46,52). The molecule has 2 aromatic carbocycles. The first-order valence-corrected chi connectivity index (χ1v) is 20.0.